The third-order valence-electron chi connectivity index (χ3n) is 4.53. The molecular formula is C20H23N3O5. The third-order valence-corrected chi connectivity index (χ3v) is 4.53. The topological polar surface area (TPSA) is 97.8 Å². The first-order valence-electron chi connectivity index (χ1n) is 9.11. The van der Waals surface area contributed by atoms with E-state index < -0.39 is 4.92 Å². The summed E-state index contributed by atoms with van der Waals surface area (Å²) in [5.41, 5.74) is 2.17. The normalized spacial score (nSPS) is 16.2. The molecule has 1 N–H and O–H groups in total. The van der Waals surface area contributed by atoms with Crippen molar-refractivity contribution in [1.82, 2.24) is 10.2 Å². The summed E-state index contributed by atoms with van der Waals surface area (Å²) in [5.74, 6) is -0.398. The Labute approximate surface area is 162 Å². The molecule has 1 fully saturated rings. The van der Waals surface area contributed by atoms with Crippen LogP contribution in [0.2, 0.25) is 0 Å². The predicted molar refractivity (Wildman–Crippen MR) is 104 cm³/mol. The minimum absolute atomic E-state index is 0.179. The lowest BCUT2D eigenvalue weighted by Gasteiger charge is -2.31. The van der Waals surface area contributed by atoms with Gasteiger partial charge in [-0.3, -0.25) is 19.8 Å². The predicted octanol–water partition coefficient (Wildman–Crippen LogP) is 2.70. The fourth-order valence-electron chi connectivity index (χ4n) is 2.98. The number of carbonyl (C=O) groups is 1. The molecule has 3 rings (SSSR count). The summed E-state index contributed by atoms with van der Waals surface area (Å²) in [5, 5.41) is 13.7. The number of amides is 1. The van der Waals surface area contributed by atoms with Crippen LogP contribution in [0.4, 0.5) is 5.88 Å². The van der Waals surface area contributed by atoms with Crippen molar-refractivity contribution in [3.8, 4) is 0 Å². The highest BCUT2D eigenvalue weighted by molar-refractivity contribution is 5.91. The monoisotopic (exact) mass is 385 g/mol. The molecule has 0 aliphatic carbocycles. The number of morpholine rings is 1. The summed E-state index contributed by atoms with van der Waals surface area (Å²) >= 11 is 0. The van der Waals surface area contributed by atoms with E-state index in [0.29, 0.717) is 19.8 Å². The van der Waals surface area contributed by atoms with Gasteiger partial charge in [-0.05, 0) is 24.6 Å². The Kier molecular flexibility index (Phi) is 6.57. The van der Waals surface area contributed by atoms with Gasteiger partial charge < -0.3 is 14.5 Å². The van der Waals surface area contributed by atoms with Gasteiger partial charge in [-0.25, -0.2) is 0 Å². The number of hydrogen-bond donors (Lipinski definition) is 1. The van der Waals surface area contributed by atoms with Gasteiger partial charge in [0, 0.05) is 25.7 Å². The number of aryl methyl sites for hydroxylation is 1. The second-order valence-corrected chi connectivity index (χ2v) is 6.65. The molecular weight excluding hydrogens is 362 g/mol. The summed E-state index contributed by atoms with van der Waals surface area (Å²) in [6, 6.07) is 10.6. The SMILES string of the molecule is Cc1ccc([C@H](CN2CCOCC2)NC(=O)/C=C/c2ccc([N+](=O)[O-])o2)cc1. The standard InChI is InChI=1S/C20H23N3O5/c1-15-2-4-16(5-3-15)18(14-22-10-12-27-13-11-22)21-19(24)8-6-17-7-9-20(28-17)23(25)26/h2-9,18H,10-14H2,1H3,(H,21,24)/b8-6+/t18-/m0/s1. The number of nitrogens with zero attached hydrogens (tertiary/aromatic N) is 2. The first-order valence-corrected chi connectivity index (χ1v) is 9.11. The molecule has 1 aliphatic rings. The molecule has 8 heteroatoms. The minimum atomic E-state index is -0.618. The number of benzene rings is 1. The minimum Gasteiger partial charge on any atom is -0.401 e. The van der Waals surface area contributed by atoms with Crippen molar-refractivity contribution in [1.29, 1.82) is 0 Å². The molecule has 1 aromatic heterocycles. The van der Waals surface area contributed by atoms with Crippen LogP contribution >= 0.6 is 0 Å². The van der Waals surface area contributed by atoms with Gasteiger partial charge >= 0.3 is 5.88 Å². The number of rotatable bonds is 7. The lowest BCUT2D eigenvalue weighted by Crippen LogP contribution is -2.42. The first-order chi connectivity index (χ1) is 13.5. The van der Waals surface area contributed by atoms with E-state index in [9.17, 15) is 14.9 Å². The number of nitro groups is 1. The second-order valence-electron chi connectivity index (χ2n) is 6.65. The molecule has 0 spiro atoms. The average molecular weight is 385 g/mol. The lowest BCUT2D eigenvalue weighted by molar-refractivity contribution is -0.402. The van der Waals surface area contributed by atoms with Crippen molar-refractivity contribution in [3.05, 3.63) is 69.5 Å². The smallest absolute Gasteiger partial charge is 0.401 e. The molecule has 0 unspecified atom stereocenters. The van der Waals surface area contributed by atoms with Crippen LogP contribution in [0.3, 0.4) is 0 Å². The average Bonchev–Trinajstić information content (AvgIpc) is 3.17. The molecule has 8 nitrogen and oxygen atoms in total. The third kappa shape index (κ3) is 5.51. The maximum absolute atomic E-state index is 12.4. The Hall–Kier alpha value is -2.97. The molecule has 1 amide bonds. The Morgan fingerprint density at radius 3 is 2.61 bits per heavy atom. The molecule has 2 heterocycles. The fraction of sp³-hybridized carbons (Fsp3) is 0.350. The molecule has 1 saturated heterocycles. The van der Waals surface area contributed by atoms with Crippen LogP contribution in [0.25, 0.3) is 6.08 Å². The van der Waals surface area contributed by atoms with Gasteiger partial charge in [-0.15, -0.1) is 0 Å². The van der Waals surface area contributed by atoms with Crippen LogP contribution in [0.1, 0.15) is 22.9 Å². The van der Waals surface area contributed by atoms with Gasteiger partial charge in [-0.2, -0.15) is 0 Å². The van der Waals surface area contributed by atoms with Gasteiger partial charge in [0.2, 0.25) is 5.91 Å². The van der Waals surface area contributed by atoms with Crippen LogP contribution in [0.5, 0.6) is 0 Å². The zero-order valence-corrected chi connectivity index (χ0v) is 15.7. The number of furan rings is 1. The summed E-state index contributed by atoms with van der Waals surface area (Å²) in [6.07, 6.45) is 2.74. The summed E-state index contributed by atoms with van der Waals surface area (Å²) in [4.78, 5) is 24.7. The highest BCUT2D eigenvalue weighted by Gasteiger charge is 2.19. The van der Waals surface area contributed by atoms with Crippen molar-refractivity contribution in [2.45, 2.75) is 13.0 Å². The summed E-state index contributed by atoms with van der Waals surface area (Å²) in [6.45, 7) is 5.72. The van der Waals surface area contributed by atoms with Crippen LogP contribution < -0.4 is 5.32 Å². The van der Waals surface area contributed by atoms with E-state index >= 15 is 0 Å². The number of ether oxygens (including phenoxy) is 1. The molecule has 2 aromatic rings. The second kappa shape index (κ2) is 9.29. The molecule has 1 atom stereocenters. The van der Waals surface area contributed by atoms with E-state index in [0.717, 1.165) is 24.2 Å². The number of carbonyl (C=O) groups excluding carboxylic acids is 1. The van der Waals surface area contributed by atoms with Gasteiger partial charge in [0.15, 0.2) is 0 Å². The van der Waals surface area contributed by atoms with Crippen molar-refractivity contribution in [3.63, 3.8) is 0 Å². The summed E-state index contributed by atoms with van der Waals surface area (Å²) < 4.78 is 10.4. The zero-order chi connectivity index (χ0) is 19.9. The lowest BCUT2D eigenvalue weighted by atomic mass is 10.0. The van der Waals surface area contributed by atoms with E-state index in [-0.39, 0.29) is 23.6 Å². The van der Waals surface area contributed by atoms with Gasteiger partial charge in [0.05, 0.1) is 25.3 Å². The Morgan fingerprint density at radius 2 is 1.96 bits per heavy atom. The molecule has 1 aromatic carbocycles. The Balaban J connectivity index is 1.68. The molecule has 0 radical (unpaired) electrons. The van der Waals surface area contributed by atoms with E-state index in [1.807, 2.05) is 31.2 Å². The van der Waals surface area contributed by atoms with Crippen molar-refractivity contribution in [2.75, 3.05) is 32.8 Å². The molecule has 148 valence electrons. The van der Waals surface area contributed by atoms with Crippen LogP contribution in [-0.4, -0.2) is 48.6 Å². The highest BCUT2D eigenvalue weighted by Crippen LogP contribution is 2.18. The number of nitrogens with one attached hydrogen (secondary N) is 1. The Bertz CT molecular complexity index is 838. The van der Waals surface area contributed by atoms with Gasteiger partial charge in [0.25, 0.3) is 0 Å². The van der Waals surface area contributed by atoms with Crippen molar-refractivity contribution >= 4 is 17.9 Å². The van der Waals surface area contributed by atoms with Gasteiger partial charge in [0.1, 0.15) is 10.7 Å². The largest absolute Gasteiger partial charge is 0.433 e. The van der Waals surface area contributed by atoms with Crippen LogP contribution in [0.15, 0.2) is 46.9 Å². The quantitative estimate of drug-likeness (QED) is 0.447. The number of hydrogen-bond acceptors (Lipinski definition) is 6. The van der Waals surface area contributed by atoms with Crippen molar-refractivity contribution < 1.29 is 18.9 Å². The van der Waals surface area contributed by atoms with Crippen LogP contribution in [-0.2, 0) is 9.53 Å². The molecule has 0 saturated carbocycles. The first kappa shape index (κ1) is 19.8. The maximum Gasteiger partial charge on any atom is 0.433 e. The molecule has 28 heavy (non-hydrogen) atoms. The van der Waals surface area contributed by atoms with E-state index in [1.165, 1.54) is 24.3 Å². The highest BCUT2D eigenvalue weighted by atomic mass is 16.6. The van der Waals surface area contributed by atoms with E-state index in [2.05, 4.69) is 10.2 Å². The maximum atomic E-state index is 12.4. The van der Waals surface area contributed by atoms with Crippen molar-refractivity contribution in [2.24, 2.45) is 0 Å². The van der Waals surface area contributed by atoms with Crippen LogP contribution in [0, 0.1) is 17.0 Å². The molecule has 1 aliphatic heterocycles. The Morgan fingerprint density at radius 1 is 1.25 bits per heavy atom. The van der Waals surface area contributed by atoms with E-state index in [4.69, 9.17) is 9.15 Å². The van der Waals surface area contributed by atoms with Gasteiger partial charge in [-0.1, -0.05) is 29.8 Å². The van der Waals surface area contributed by atoms with E-state index in [1.54, 1.807) is 0 Å². The zero-order valence-electron chi connectivity index (χ0n) is 15.7. The molecule has 0 bridgehead atoms. The fourth-order valence-corrected chi connectivity index (χ4v) is 2.98. The summed E-state index contributed by atoms with van der Waals surface area (Å²) in [7, 11) is 0.